The summed E-state index contributed by atoms with van der Waals surface area (Å²) in [6, 6.07) is 6.47. The van der Waals surface area contributed by atoms with Crippen LogP contribution in [0.4, 0.5) is 19.0 Å². The molecule has 1 amide bonds. The van der Waals surface area contributed by atoms with Gasteiger partial charge in [0.2, 0.25) is 0 Å². The van der Waals surface area contributed by atoms with Gasteiger partial charge in [0.15, 0.2) is 6.04 Å². The molecule has 0 radical (unpaired) electrons. The van der Waals surface area contributed by atoms with Crippen LogP contribution in [0.2, 0.25) is 0 Å². The second-order valence-corrected chi connectivity index (χ2v) is 7.35. The quantitative estimate of drug-likeness (QED) is 0.680. The lowest BCUT2D eigenvalue weighted by Crippen LogP contribution is -2.36. The minimum Gasteiger partial charge on any atom is -0.363 e. The van der Waals surface area contributed by atoms with Crippen molar-refractivity contribution in [3.05, 3.63) is 65.1 Å². The average Bonchev–Trinajstić information content (AvgIpc) is 3.27. The lowest BCUT2D eigenvalue weighted by atomic mass is 9.96. The van der Waals surface area contributed by atoms with Crippen molar-refractivity contribution in [3.8, 4) is 0 Å². The van der Waals surface area contributed by atoms with E-state index in [9.17, 15) is 18.0 Å². The Kier molecular flexibility index (Phi) is 5.00. The molecule has 0 saturated heterocycles. The van der Waals surface area contributed by atoms with Crippen LogP contribution in [0.3, 0.4) is 0 Å². The van der Waals surface area contributed by atoms with Gasteiger partial charge in [-0.2, -0.15) is 23.4 Å². The SMILES string of the molecule is Cc1nn(C)cc1CNC(=O)c1cnn2c1N[C@H](c1ccccc1)C[C@H]2C(F)(F)F. The summed E-state index contributed by atoms with van der Waals surface area (Å²) in [6.45, 7) is 2.04. The van der Waals surface area contributed by atoms with E-state index >= 15 is 0 Å². The Hall–Kier alpha value is -3.30. The highest BCUT2D eigenvalue weighted by Gasteiger charge is 2.47. The number of amides is 1. The number of hydrogen-bond acceptors (Lipinski definition) is 4. The van der Waals surface area contributed by atoms with Crippen molar-refractivity contribution >= 4 is 11.7 Å². The topological polar surface area (TPSA) is 76.8 Å². The van der Waals surface area contributed by atoms with Crippen LogP contribution in [-0.4, -0.2) is 31.6 Å². The predicted octanol–water partition coefficient (Wildman–Crippen LogP) is 3.52. The Bertz CT molecular complexity index is 1060. The van der Waals surface area contributed by atoms with Crippen LogP contribution in [0.1, 0.15) is 45.7 Å². The molecule has 7 nitrogen and oxygen atoms in total. The molecule has 3 heterocycles. The van der Waals surface area contributed by atoms with Gasteiger partial charge in [0.25, 0.3) is 5.91 Å². The van der Waals surface area contributed by atoms with Gasteiger partial charge in [-0.05, 0) is 12.5 Å². The molecule has 0 aliphatic carbocycles. The predicted molar refractivity (Wildman–Crippen MR) is 104 cm³/mol. The minimum atomic E-state index is -4.49. The number of aromatic nitrogens is 4. The van der Waals surface area contributed by atoms with Gasteiger partial charge in [0, 0.05) is 31.8 Å². The van der Waals surface area contributed by atoms with Crippen LogP contribution >= 0.6 is 0 Å². The summed E-state index contributed by atoms with van der Waals surface area (Å²) in [5.41, 5.74) is 2.40. The Morgan fingerprint density at radius 1 is 1.30 bits per heavy atom. The number of fused-ring (bicyclic) bond motifs is 1. The summed E-state index contributed by atoms with van der Waals surface area (Å²) < 4.78 is 43.7. The fraction of sp³-hybridized carbons (Fsp3) is 0.350. The van der Waals surface area contributed by atoms with Crippen molar-refractivity contribution in [2.24, 2.45) is 7.05 Å². The normalized spacial score (nSPS) is 18.6. The zero-order valence-corrected chi connectivity index (χ0v) is 16.4. The first-order chi connectivity index (χ1) is 14.2. The van der Waals surface area contributed by atoms with Gasteiger partial charge in [-0.15, -0.1) is 0 Å². The first kappa shape index (κ1) is 20.0. The number of rotatable bonds is 4. The smallest absolute Gasteiger partial charge is 0.363 e. The maximum absolute atomic E-state index is 13.7. The molecule has 0 unspecified atom stereocenters. The Labute approximate surface area is 170 Å². The summed E-state index contributed by atoms with van der Waals surface area (Å²) in [5.74, 6) is -0.431. The number of alkyl halides is 3. The zero-order valence-electron chi connectivity index (χ0n) is 16.4. The number of aryl methyl sites for hydroxylation is 2. The molecule has 1 aliphatic rings. The number of hydrogen-bond donors (Lipinski definition) is 2. The monoisotopic (exact) mass is 418 g/mol. The Morgan fingerprint density at radius 2 is 2.03 bits per heavy atom. The number of carbonyl (C=O) groups excluding carboxylic acids is 1. The van der Waals surface area contributed by atoms with E-state index in [2.05, 4.69) is 20.8 Å². The highest BCUT2D eigenvalue weighted by atomic mass is 19.4. The van der Waals surface area contributed by atoms with E-state index in [-0.39, 0.29) is 24.3 Å². The Morgan fingerprint density at radius 3 is 2.67 bits per heavy atom. The molecule has 2 atom stereocenters. The van der Waals surface area contributed by atoms with Gasteiger partial charge in [-0.3, -0.25) is 9.48 Å². The summed E-state index contributed by atoms with van der Waals surface area (Å²) in [6.07, 6.45) is -1.74. The third-order valence-corrected chi connectivity index (χ3v) is 5.24. The Balaban J connectivity index is 1.62. The van der Waals surface area contributed by atoms with Crippen molar-refractivity contribution in [2.45, 2.75) is 38.1 Å². The van der Waals surface area contributed by atoms with Gasteiger partial charge >= 0.3 is 6.18 Å². The molecule has 1 aromatic carbocycles. The fourth-order valence-electron chi connectivity index (χ4n) is 3.73. The fourth-order valence-corrected chi connectivity index (χ4v) is 3.73. The molecule has 2 N–H and O–H groups in total. The standard InChI is InChI=1S/C20H21F3N6O/c1-12-14(11-28(2)27-12)9-24-19(30)15-10-25-29-17(20(21,22)23)8-16(26-18(15)29)13-6-4-3-5-7-13/h3-7,10-11,16-17,26H,8-9H2,1-2H3,(H,24,30)/t16-,17-/m0/s1. The molecule has 0 fully saturated rings. The number of nitrogens with zero attached hydrogens (tertiary/aromatic N) is 4. The lowest BCUT2D eigenvalue weighted by Gasteiger charge is -2.34. The molecule has 1 aliphatic heterocycles. The summed E-state index contributed by atoms with van der Waals surface area (Å²) >= 11 is 0. The molecule has 3 aromatic rings. The molecule has 4 rings (SSSR count). The molecule has 0 bridgehead atoms. The molecule has 2 aromatic heterocycles. The molecule has 10 heteroatoms. The zero-order chi connectivity index (χ0) is 21.5. The van der Waals surface area contributed by atoms with Crippen LogP contribution in [-0.2, 0) is 13.6 Å². The van der Waals surface area contributed by atoms with Crippen molar-refractivity contribution in [2.75, 3.05) is 5.32 Å². The number of anilines is 1. The van der Waals surface area contributed by atoms with E-state index in [4.69, 9.17) is 0 Å². The van der Waals surface area contributed by atoms with Gasteiger partial charge in [-0.1, -0.05) is 30.3 Å². The molecule has 30 heavy (non-hydrogen) atoms. The minimum absolute atomic E-state index is 0.0674. The van der Waals surface area contributed by atoms with Gasteiger partial charge in [0.05, 0.1) is 17.9 Å². The highest BCUT2D eigenvalue weighted by molar-refractivity contribution is 5.98. The van der Waals surface area contributed by atoms with E-state index in [0.717, 1.165) is 21.5 Å². The van der Waals surface area contributed by atoms with E-state index in [1.807, 2.05) is 6.92 Å². The average molecular weight is 418 g/mol. The van der Waals surface area contributed by atoms with Crippen molar-refractivity contribution < 1.29 is 18.0 Å². The molecular formula is C20H21F3N6O. The summed E-state index contributed by atoms with van der Waals surface area (Å²) in [5, 5.41) is 13.9. The molecule has 0 saturated carbocycles. The van der Waals surface area contributed by atoms with E-state index in [0.29, 0.717) is 0 Å². The second kappa shape index (κ2) is 7.51. The molecule has 0 spiro atoms. The van der Waals surface area contributed by atoms with Crippen molar-refractivity contribution in [1.29, 1.82) is 0 Å². The first-order valence-electron chi connectivity index (χ1n) is 9.47. The number of nitrogens with one attached hydrogen (secondary N) is 2. The second-order valence-electron chi connectivity index (χ2n) is 7.35. The van der Waals surface area contributed by atoms with Crippen LogP contribution in [0.15, 0.2) is 42.7 Å². The van der Waals surface area contributed by atoms with Crippen LogP contribution < -0.4 is 10.6 Å². The maximum atomic E-state index is 13.7. The number of carbonyl (C=O) groups is 1. The molecule has 158 valence electrons. The molecular weight excluding hydrogens is 397 g/mol. The van der Waals surface area contributed by atoms with Crippen LogP contribution in [0.5, 0.6) is 0 Å². The lowest BCUT2D eigenvalue weighted by molar-refractivity contribution is -0.173. The van der Waals surface area contributed by atoms with E-state index in [1.54, 1.807) is 48.3 Å². The summed E-state index contributed by atoms with van der Waals surface area (Å²) in [4.78, 5) is 12.8. The van der Waals surface area contributed by atoms with E-state index < -0.39 is 24.2 Å². The van der Waals surface area contributed by atoms with Crippen LogP contribution in [0.25, 0.3) is 0 Å². The van der Waals surface area contributed by atoms with Gasteiger partial charge < -0.3 is 10.6 Å². The third-order valence-electron chi connectivity index (χ3n) is 5.24. The van der Waals surface area contributed by atoms with Crippen LogP contribution in [0, 0.1) is 6.92 Å². The van der Waals surface area contributed by atoms with Crippen molar-refractivity contribution in [1.82, 2.24) is 24.9 Å². The summed E-state index contributed by atoms with van der Waals surface area (Å²) in [7, 11) is 1.78. The third kappa shape index (κ3) is 3.77. The van der Waals surface area contributed by atoms with E-state index in [1.165, 1.54) is 6.20 Å². The largest absolute Gasteiger partial charge is 0.410 e. The van der Waals surface area contributed by atoms with Crippen molar-refractivity contribution in [3.63, 3.8) is 0 Å². The highest BCUT2D eigenvalue weighted by Crippen LogP contribution is 2.44. The first-order valence-corrected chi connectivity index (χ1v) is 9.47. The number of halogens is 3. The van der Waals surface area contributed by atoms with Gasteiger partial charge in [-0.25, -0.2) is 4.68 Å². The number of benzene rings is 1. The van der Waals surface area contributed by atoms with Gasteiger partial charge in [0.1, 0.15) is 11.4 Å². The maximum Gasteiger partial charge on any atom is 0.410 e.